The van der Waals surface area contributed by atoms with Crippen LogP contribution in [0.1, 0.15) is 52.9 Å². The van der Waals surface area contributed by atoms with Crippen LogP contribution in [0, 0.1) is 11.8 Å². The van der Waals surface area contributed by atoms with E-state index in [4.69, 9.17) is 0 Å². The molecular weight excluding hydrogens is 230 g/mol. The molecule has 104 valence electrons. The zero-order chi connectivity index (χ0) is 13.9. The molecule has 0 aromatic heterocycles. The molecule has 1 amide bonds. The maximum Gasteiger partial charge on any atom is 0.329 e. The summed E-state index contributed by atoms with van der Waals surface area (Å²) in [7, 11) is 1.62. The number of nitrogens with zero attached hydrogens (tertiary/aromatic N) is 1. The Balaban J connectivity index is 2.91. The molecule has 2 unspecified atom stereocenters. The van der Waals surface area contributed by atoms with Crippen LogP contribution in [0.5, 0.6) is 0 Å². The fraction of sp³-hybridized carbons (Fsp3) is 0.857. The molecule has 2 atom stereocenters. The summed E-state index contributed by atoms with van der Waals surface area (Å²) in [5.74, 6) is -0.0323. The molecule has 0 saturated heterocycles. The molecule has 1 rings (SSSR count). The molecule has 1 N–H and O–H groups in total. The smallest absolute Gasteiger partial charge is 0.329 e. The van der Waals surface area contributed by atoms with Gasteiger partial charge in [-0.1, -0.05) is 26.7 Å². The van der Waals surface area contributed by atoms with Gasteiger partial charge < -0.3 is 10.0 Å². The number of carbonyl (C=O) groups is 2. The molecular formula is C14H25NO3. The average Bonchev–Trinajstić information content (AvgIpc) is 2.26. The summed E-state index contributed by atoms with van der Waals surface area (Å²) in [4.78, 5) is 24.6. The van der Waals surface area contributed by atoms with Crippen LogP contribution in [0.3, 0.4) is 0 Å². The summed E-state index contributed by atoms with van der Waals surface area (Å²) in [5.41, 5.74) is -0.982. The standard InChI is InChI=1S/C14H25NO3/c1-10(2)8-12-6-5-7-14(9-12,13(17)18)15(4)11(3)16/h10,12H,5-9H2,1-4H3,(H,17,18). The van der Waals surface area contributed by atoms with Gasteiger partial charge in [-0.15, -0.1) is 0 Å². The lowest BCUT2D eigenvalue weighted by atomic mass is 9.72. The Morgan fingerprint density at radius 1 is 1.44 bits per heavy atom. The molecule has 0 heterocycles. The first-order valence-electron chi connectivity index (χ1n) is 6.77. The lowest BCUT2D eigenvalue weighted by Gasteiger charge is -2.43. The Kier molecular flexibility index (Phi) is 4.77. The minimum absolute atomic E-state index is 0.164. The fourth-order valence-electron chi connectivity index (χ4n) is 3.18. The molecule has 4 heteroatoms. The van der Waals surface area contributed by atoms with E-state index in [1.165, 1.54) is 11.8 Å². The van der Waals surface area contributed by atoms with E-state index < -0.39 is 11.5 Å². The van der Waals surface area contributed by atoms with Crippen LogP contribution in [0.4, 0.5) is 0 Å². The van der Waals surface area contributed by atoms with Crippen molar-refractivity contribution in [3.63, 3.8) is 0 Å². The molecule has 18 heavy (non-hydrogen) atoms. The fourth-order valence-corrected chi connectivity index (χ4v) is 3.18. The molecule has 0 aliphatic heterocycles. The van der Waals surface area contributed by atoms with Gasteiger partial charge in [0.2, 0.25) is 5.91 Å². The monoisotopic (exact) mass is 255 g/mol. The van der Waals surface area contributed by atoms with Crippen molar-refractivity contribution in [1.82, 2.24) is 4.90 Å². The number of aliphatic carboxylic acids is 1. The molecule has 0 aromatic rings. The number of rotatable bonds is 4. The van der Waals surface area contributed by atoms with Crippen LogP contribution >= 0.6 is 0 Å². The zero-order valence-corrected chi connectivity index (χ0v) is 11.9. The minimum Gasteiger partial charge on any atom is -0.479 e. The highest BCUT2D eigenvalue weighted by atomic mass is 16.4. The van der Waals surface area contributed by atoms with Gasteiger partial charge >= 0.3 is 5.97 Å². The van der Waals surface area contributed by atoms with Gasteiger partial charge in [0.05, 0.1) is 0 Å². The van der Waals surface area contributed by atoms with Gasteiger partial charge in [0.25, 0.3) is 0 Å². The molecule has 1 aliphatic rings. The number of carboxylic acid groups (broad SMARTS) is 1. The number of hydrogen-bond donors (Lipinski definition) is 1. The van der Waals surface area contributed by atoms with Crippen LogP contribution in [-0.4, -0.2) is 34.5 Å². The van der Waals surface area contributed by atoms with Gasteiger partial charge in [0.1, 0.15) is 5.54 Å². The molecule has 0 radical (unpaired) electrons. The van der Waals surface area contributed by atoms with E-state index >= 15 is 0 Å². The van der Waals surface area contributed by atoms with Gasteiger partial charge in [0, 0.05) is 14.0 Å². The van der Waals surface area contributed by atoms with Crippen LogP contribution in [0.2, 0.25) is 0 Å². The summed E-state index contributed by atoms with van der Waals surface area (Å²) in [5, 5.41) is 9.57. The number of carboxylic acids is 1. The minimum atomic E-state index is -0.982. The predicted molar refractivity (Wildman–Crippen MR) is 70.2 cm³/mol. The number of hydrogen-bond acceptors (Lipinski definition) is 2. The number of carbonyl (C=O) groups excluding carboxylic acids is 1. The van der Waals surface area contributed by atoms with Gasteiger partial charge in [-0.05, 0) is 31.1 Å². The second-order valence-electron chi connectivity index (χ2n) is 6.01. The van der Waals surface area contributed by atoms with E-state index in [1.54, 1.807) is 7.05 Å². The van der Waals surface area contributed by atoms with Crippen LogP contribution in [-0.2, 0) is 9.59 Å². The van der Waals surface area contributed by atoms with Crippen LogP contribution < -0.4 is 0 Å². The van der Waals surface area contributed by atoms with E-state index in [2.05, 4.69) is 13.8 Å². The molecule has 1 saturated carbocycles. The van der Waals surface area contributed by atoms with Crippen LogP contribution in [0.25, 0.3) is 0 Å². The average molecular weight is 255 g/mol. The van der Waals surface area contributed by atoms with Gasteiger partial charge in [-0.3, -0.25) is 4.79 Å². The van der Waals surface area contributed by atoms with Crippen molar-refractivity contribution in [2.24, 2.45) is 11.8 Å². The largest absolute Gasteiger partial charge is 0.479 e. The van der Waals surface area contributed by atoms with E-state index in [-0.39, 0.29) is 5.91 Å². The van der Waals surface area contributed by atoms with Crippen molar-refractivity contribution >= 4 is 11.9 Å². The second kappa shape index (κ2) is 5.72. The normalized spacial score (nSPS) is 28.2. The summed E-state index contributed by atoms with van der Waals surface area (Å²) < 4.78 is 0. The highest BCUT2D eigenvalue weighted by Crippen LogP contribution is 2.39. The Labute approximate surface area is 109 Å². The highest BCUT2D eigenvalue weighted by molar-refractivity contribution is 5.86. The van der Waals surface area contributed by atoms with E-state index in [0.29, 0.717) is 24.7 Å². The quantitative estimate of drug-likeness (QED) is 0.839. The first-order chi connectivity index (χ1) is 8.29. The van der Waals surface area contributed by atoms with Gasteiger partial charge in [-0.2, -0.15) is 0 Å². The first kappa shape index (κ1) is 15.0. The molecule has 4 nitrogen and oxygen atoms in total. The van der Waals surface area contributed by atoms with E-state index in [9.17, 15) is 14.7 Å². The molecule has 0 spiro atoms. The van der Waals surface area contributed by atoms with Crippen molar-refractivity contribution < 1.29 is 14.7 Å². The Morgan fingerprint density at radius 2 is 2.06 bits per heavy atom. The maximum absolute atomic E-state index is 11.7. The number of amides is 1. The topological polar surface area (TPSA) is 57.6 Å². The number of likely N-dealkylation sites (N-methyl/N-ethyl adjacent to an activating group) is 1. The third-order valence-corrected chi connectivity index (χ3v) is 4.15. The summed E-state index contributed by atoms with van der Waals surface area (Å²) in [6.45, 7) is 5.76. The summed E-state index contributed by atoms with van der Waals surface area (Å²) in [6.07, 6.45) is 4.19. The predicted octanol–water partition coefficient (Wildman–Crippen LogP) is 2.52. The second-order valence-corrected chi connectivity index (χ2v) is 6.01. The maximum atomic E-state index is 11.7. The lowest BCUT2D eigenvalue weighted by molar-refractivity contribution is -0.161. The third kappa shape index (κ3) is 3.03. The van der Waals surface area contributed by atoms with Crippen molar-refractivity contribution in [3.8, 4) is 0 Å². The SMILES string of the molecule is CC(=O)N(C)C1(C(=O)O)CCCC(CC(C)C)C1. The Morgan fingerprint density at radius 3 is 2.50 bits per heavy atom. The third-order valence-electron chi connectivity index (χ3n) is 4.15. The van der Waals surface area contributed by atoms with Crippen molar-refractivity contribution in [2.45, 2.75) is 58.4 Å². The van der Waals surface area contributed by atoms with Crippen molar-refractivity contribution in [1.29, 1.82) is 0 Å². The first-order valence-corrected chi connectivity index (χ1v) is 6.77. The summed E-state index contributed by atoms with van der Waals surface area (Å²) in [6, 6.07) is 0. The Bertz CT molecular complexity index is 327. The Hall–Kier alpha value is -1.06. The van der Waals surface area contributed by atoms with Gasteiger partial charge in [-0.25, -0.2) is 4.79 Å². The van der Waals surface area contributed by atoms with Crippen molar-refractivity contribution in [3.05, 3.63) is 0 Å². The van der Waals surface area contributed by atoms with Crippen LogP contribution in [0.15, 0.2) is 0 Å². The molecule has 1 aliphatic carbocycles. The molecule has 1 fully saturated rings. The van der Waals surface area contributed by atoms with Gasteiger partial charge in [0.15, 0.2) is 0 Å². The van der Waals surface area contributed by atoms with Crippen molar-refractivity contribution in [2.75, 3.05) is 7.05 Å². The molecule has 0 bridgehead atoms. The zero-order valence-electron chi connectivity index (χ0n) is 11.9. The lowest BCUT2D eigenvalue weighted by Crippen LogP contribution is -2.57. The van der Waals surface area contributed by atoms with E-state index in [1.807, 2.05) is 0 Å². The highest BCUT2D eigenvalue weighted by Gasteiger charge is 2.47. The summed E-state index contributed by atoms with van der Waals surface area (Å²) >= 11 is 0. The molecule has 0 aromatic carbocycles. The van der Waals surface area contributed by atoms with E-state index in [0.717, 1.165) is 19.3 Å².